The molecule has 1 aromatic carbocycles. The highest BCUT2D eigenvalue weighted by molar-refractivity contribution is 5.37. The predicted molar refractivity (Wildman–Crippen MR) is 53.0 cm³/mol. The standard InChI is InChI=1S/C11H12F3NO/c1-15-11(4-5-11)7-2-3-8(12)9(6-7)16-10(13)14/h2-3,6,10,15H,4-5H2,1H3. The SMILES string of the molecule is CNC1(c2ccc(F)c(OC(F)F)c2)CC1. The minimum absolute atomic E-state index is 0.187. The summed E-state index contributed by atoms with van der Waals surface area (Å²) in [4.78, 5) is 0. The lowest BCUT2D eigenvalue weighted by Crippen LogP contribution is -2.24. The molecule has 1 saturated carbocycles. The van der Waals surface area contributed by atoms with Crippen LogP contribution in [0.15, 0.2) is 18.2 Å². The number of alkyl halides is 2. The van der Waals surface area contributed by atoms with Gasteiger partial charge in [0.15, 0.2) is 11.6 Å². The molecule has 0 bridgehead atoms. The van der Waals surface area contributed by atoms with Crippen molar-refractivity contribution in [2.24, 2.45) is 0 Å². The van der Waals surface area contributed by atoms with E-state index in [0.717, 1.165) is 24.5 Å². The highest BCUT2D eigenvalue weighted by Crippen LogP contribution is 2.46. The maximum atomic E-state index is 13.2. The molecule has 0 radical (unpaired) electrons. The number of hydrogen-bond donors (Lipinski definition) is 1. The largest absolute Gasteiger partial charge is 0.432 e. The Kier molecular flexibility index (Phi) is 2.80. The number of benzene rings is 1. The van der Waals surface area contributed by atoms with E-state index in [0.29, 0.717) is 0 Å². The third kappa shape index (κ3) is 2.00. The summed E-state index contributed by atoms with van der Waals surface area (Å²) in [6.45, 7) is -3.01. The molecule has 88 valence electrons. The van der Waals surface area contributed by atoms with E-state index < -0.39 is 18.2 Å². The van der Waals surface area contributed by atoms with Gasteiger partial charge in [-0.1, -0.05) is 6.07 Å². The zero-order chi connectivity index (χ0) is 11.8. The van der Waals surface area contributed by atoms with Crippen LogP contribution in [0.5, 0.6) is 5.75 Å². The summed E-state index contributed by atoms with van der Waals surface area (Å²) in [6, 6.07) is 4.09. The van der Waals surface area contributed by atoms with Crippen LogP contribution in [0.4, 0.5) is 13.2 Å². The molecule has 0 atom stereocenters. The van der Waals surface area contributed by atoms with Gasteiger partial charge in [0.1, 0.15) is 0 Å². The number of halogens is 3. The third-order valence-corrected chi connectivity index (χ3v) is 2.93. The van der Waals surface area contributed by atoms with Gasteiger partial charge in [0.25, 0.3) is 0 Å². The second-order valence-electron chi connectivity index (χ2n) is 3.86. The monoisotopic (exact) mass is 231 g/mol. The van der Waals surface area contributed by atoms with Crippen LogP contribution in [0.2, 0.25) is 0 Å². The molecular formula is C11H12F3NO. The lowest BCUT2D eigenvalue weighted by Gasteiger charge is -2.16. The van der Waals surface area contributed by atoms with Crippen molar-refractivity contribution in [3.05, 3.63) is 29.6 Å². The molecule has 0 aromatic heterocycles. The Morgan fingerprint density at radius 3 is 2.56 bits per heavy atom. The van der Waals surface area contributed by atoms with E-state index in [1.807, 2.05) is 0 Å². The lowest BCUT2D eigenvalue weighted by atomic mass is 10.0. The van der Waals surface area contributed by atoms with Crippen molar-refractivity contribution < 1.29 is 17.9 Å². The molecule has 2 nitrogen and oxygen atoms in total. The summed E-state index contributed by atoms with van der Waals surface area (Å²) in [5, 5.41) is 3.10. The van der Waals surface area contributed by atoms with Crippen molar-refractivity contribution in [1.29, 1.82) is 0 Å². The number of hydrogen-bond acceptors (Lipinski definition) is 2. The molecule has 0 amide bonds. The van der Waals surface area contributed by atoms with E-state index >= 15 is 0 Å². The van der Waals surface area contributed by atoms with Gasteiger partial charge in [0.05, 0.1) is 0 Å². The first-order valence-electron chi connectivity index (χ1n) is 5.01. The minimum Gasteiger partial charge on any atom is -0.432 e. The highest BCUT2D eigenvalue weighted by Gasteiger charge is 2.43. The molecule has 1 aromatic rings. The van der Waals surface area contributed by atoms with Gasteiger partial charge in [-0.25, -0.2) is 4.39 Å². The van der Waals surface area contributed by atoms with Crippen LogP contribution in [0.25, 0.3) is 0 Å². The summed E-state index contributed by atoms with van der Waals surface area (Å²) in [5.74, 6) is -1.16. The van der Waals surface area contributed by atoms with Gasteiger partial charge >= 0.3 is 6.61 Å². The van der Waals surface area contributed by atoms with E-state index in [1.54, 1.807) is 13.1 Å². The first-order chi connectivity index (χ1) is 7.57. The molecule has 1 aliphatic rings. The van der Waals surface area contributed by atoms with Crippen LogP contribution in [-0.4, -0.2) is 13.7 Å². The Morgan fingerprint density at radius 2 is 2.06 bits per heavy atom. The molecule has 16 heavy (non-hydrogen) atoms. The Labute approximate surface area is 91.4 Å². The highest BCUT2D eigenvalue weighted by atomic mass is 19.3. The van der Waals surface area contributed by atoms with E-state index in [4.69, 9.17) is 0 Å². The van der Waals surface area contributed by atoms with Crippen molar-refractivity contribution in [2.75, 3.05) is 7.05 Å². The summed E-state index contributed by atoms with van der Waals surface area (Å²) >= 11 is 0. The number of rotatable bonds is 4. The second kappa shape index (κ2) is 3.97. The Morgan fingerprint density at radius 1 is 1.38 bits per heavy atom. The van der Waals surface area contributed by atoms with Crippen LogP contribution in [0.1, 0.15) is 18.4 Å². The van der Waals surface area contributed by atoms with Gasteiger partial charge < -0.3 is 10.1 Å². The maximum absolute atomic E-state index is 13.2. The lowest BCUT2D eigenvalue weighted by molar-refractivity contribution is -0.0522. The maximum Gasteiger partial charge on any atom is 0.387 e. The topological polar surface area (TPSA) is 21.3 Å². The minimum atomic E-state index is -3.01. The summed E-state index contributed by atoms with van der Waals surface area (Å²) < 4.78 is 41.3. The summed E-state index contributed by atoms with van der Waals surface area (Å²) in [7, 11) is 1.80. The van der Waals surface area contributed by atoms with Crippen LogP contribution in [-0.2, 0) is 5.54 Å². The van der Waals surface area contributed by atoms with Crippen molar-refractivity contribution in [3.63, 3.8) is 0 Å². The van der Waals surface area contributed by atoms with Crippen LogP contribution < -0.4 is 10.1 Å². The first kappa shape index (κ1) is 11.3. The van der Waals surface area contributed by atoms with E-state index in [1.165, 1.54) is 6.07 Å². The quantitative estimate of drug-likeness (QED) is 0.860. The molecule has 0 spiro atoms. The average molecular weight is 231 g/mol. The molecule has 1 aliphatic carbocycles. The molecule has 0 aliphatic heterocycles. The van der Waals surface area contributed by atoms with Gasteiger partial charge in [0, 0.05) is 5.54 Å². The van der Waals surface area contributed by atoms with Crippen molar-refractivity contribution in [2.45, 2.75) is 25.0 Å². The molecule has 0 unspecified atom stereocenters. The fourth-order valence-electron chi connectivity index (χ4n) is 1.80. The molecule has 2 rings (SSSR count). The second-order valence-corrected chi connectivity index (χ2v) is 3.86. The number of ether oxygens (including phenoxy) is 1. The fraction of sp³-hybridized carbons (Fsp3) is 0.455. The van der Waals surface area contributed by atoms with Crippen LogP contribution in [0, 0.1) is 5.82 Å². The first-order valence-corrected chi connectivity index (χ1v) is 5.01. The van der Waals surface area contributed by atoms with Crippen molar-refractivity contribution in [3.8, 4) is 5.75 Å². The smallest absolute Gasteiger partial charge is 0.387 e. The normalized spacial score (nSPS) is 17.6. The predicted octanol–water partition coefficient (Wildman–Crippen LogP) is 2.64. The van der Waals surface area contributed by atoms with E-state index in [9.17, 15) is 13.2 Å². The molecular weight excluding hydrogens is 219 g/mol. The average Bonchev–Trinajstić information content (AvgIpc) is 3.01. The van der Waals surface area contributed by atoms with Crippen molar-refractivity contribution >= 4 is 0 Å². The Balaban J connectivity index is 2.28. The number of nitrogens with one attached hydrogen (secondary N) is 1. The van der Waals surface area contributed by atoms with Crippen LogP contribution in [0.3, 0.4) is 0 Å². The van der Waals surface area contributed by atoms with E-state index in [-0.39, 0.29) is 5.54 Å². The zero-order valence-corrected chi connectivity index (χ0v) is 8.77. The van der Waals surface area contributed by atoms with Crippen LogP contribution >= 0.6 is 0 Å². The zero-order valence-electron chi connectivity index (χ0n) is 8.77. The molecule has 0 heterocycles. The van der Waals surface area contributed by atoms with Gasteiger partial charge in [0.2, 0.25) is 0 Å². The third-order valence-electron chi connectivity index (χ3n) is 2.93. The van der Waals surface area contributed by atoms with Gasteiger partial charge in [-0.2, -0.15) is 8.78 Å². The van der Waals surface area contributed by atoms with Crippen molar-refractivity contribution in [1.82, 2.24) is 5.32 Å². The van der Waals surface area contributed by atoms with E-state index in [2.05, 4.69) is 10.1 Å². The molecule has 5 heteroatoms. The fourth-order valence-corrected chi connectivity index (χ4v) is 1.80. The molecule has 1 fully saturated rings. The van der Waals surface area contributed by atoms with Gasteiger partial charge in [-0.3, -0.25) is 0 Å². The van der Waals surface area contributed by atoms with Gasteiger partial charge in [-0.15, -0.1) is 0 Å². The summed E-state index contributed by atoms with van der Waals surface area (Å²) in [5.41, 5.74) is 0.598. The molecule has 1 N–H and O–H groups in total. The summed E-state index contributed by atoms with van der Waals surface area (Å²) in [6.07, 6.45) is 1.84. The molecule has 0 saturated heterocycles. The Bertz CT molecular complexity index is 391. The van der Waals surface area contributed by atoms with Gasteiger partial charge in [-0.05, 0) is 37.6 Å². The Hall–Kier alpha value is -1.23.